The lowest BCUT2D eigenvalue weighted by Gasteiger charge is -2.19. The zero-order valence-corrected chi connectivity index (χ0v) is 16.8. The van der Waals surface area contributed by atoms with Gasteiger partial charge in [-0.25, -0.2) is 0 Å². The highest BCUT2D eigenvalue weighted by molar-refractivity contribution is 5.80. The first kappa shape index (κ1) is 20.2. The zero-order chi connectivity index (χ0) is 20.8. The summed E-state index contributed by atoms with van der Waals surface area (Å²) >= 11 is 0. The molecule has 1 atom stereocenters. The molecular weight excluding hydrogens is 364 g/mol. The second kappa shape index (κ2) is 9.11. The third-order valence-electron chi connectivity index (χ3n) is 4.60. The van der Waals surface area contributed by atoms with E-state index < -0.39 is 11.9 Å². The molecule has 0 bridgehead atoms. The van der Waals surface area contributed by atoms with Crippen molar-refractivity contribution in [2.45, 2.75) is 26.7 Å². The maximum Gasteiger partial charge on any atom is 0.315 e. The van der Waals surface area contributed by atoms with Gasteiger partial charge in [0.05, 0.1) is 0 Å². The summed E-state index contributed by atoms with van der Waals surface area (Å²) in [7, 11) is 0. The Bertz CT molecular complexity index is 938. The smallest absolute Gasteiger partial charge is 0.315 e. The monoisotopic (exact) mass is 388 g/mol. The van der Waals surface area contributed by atoms with Crippen LogP contribution < -0.4 is 9.47 Å². The van der Waals surface area contributed by atoms with Gasteiger partial charge in [-0.05, 0) is 50.6 Å². The van der Waals surface area contributed by atoms with Crippen molar-refractivity contribution in [3.63, 3.8) is 0 Å². The molecule has 3 aromatic carbocycles. The van der Waals surface area contributed by atoms with Crippen LogP contribution in [-0.2, 0) is 4.79 Å². The van der Waals surface area contributed by atoms with E-state index in [1.54, 1.807) is 19.1 Å². The molecule has 0 radical (unpaired) electrons. The molecule has 0 aliphatic carbocycles. The van der Waals surface area contributed by atoms with Gasteiger partial charge in [0.25, 0.3) is 5.95 Å². The van der Waals surface area contributed by atoms with E-state index >= 15 is 0 Å². The number of ether oxygens (including phenoxy) is 2. The van der Waals surface area contributed by atoms with Gasteiger partial charge in [-0.1, -0.05) is 65.7 Å². The minimum absolute atomic E-state index is 0.161. The molecule has 1 N–H and O–H groups in total. The van der Waals surface area contributed by atoms with Crippen molar-refractivity contribution in [1.29, 1.82) is 0 Å². The average molecular weight is 388 g/mol. The quantitative estimate of drug-likeness (QED) is 0.515. The number of carboxylic acid groups (broad SMARTS) is 1. The fourth-order valence-electron chi connectivity index (χ4n) is 2.95. The number of aryl methyl sites for hydroxylation is 2. The molecule has 0 aliphatic heterocycles. The predicted molar refractivity (Wildman–Crippen MR) is 113 cm³/mol. The Kier molecular flexibility index (Phi) is 6.35. The van der Waals surface area contributed by atoms with Gasteiger partial charge in [0.15, 0.2) is 0 Å². The molecule has 148 valence electrons. The second-order valence-electron chi connectivity index (χ2n) is 6.98. The molecule has 0 heterocycles. The first-order valence-electron chi connectivity index (χ1n) is 9.41. The summed E-state index contributed by atoms with van der Waals surface area (Å²) in [4.78, 5) is 12.1. The summed E-state index contributed by atoms with van der Waals surface area (Å²) in [6.45, 7) is 5.71. The summed E-state index contributed by atoms with van der Waals surface area (Å²) in [6, 6.07) is 24.1. The van der Waals surface area contributed by atoms with E-state index in [1.807, 2.05) is 80.6 Å². The summed E-state index contributed by atoms with van der Waals surface area (Å²) in [5.74, 6) is -0.536. The van der Waals surface area contributed by atoms with Crippen LogP contribution >= 0.6 is 0 Å². The Balaban J connectivity index is 2.03. The number of hydrogen-bond acceptors (Lipinski definition) is 3. The molecule has 0 saturated carbocycles. The van der Waals surface area contributed by atoms with Crippen molar-refractivity contribution in [2.75, 3.05) is 0 Å². The third-order valence-corrected chi connectivity index (χ3v) is 4.60. The summed E-state index contributed by atoms with van der Waals surface area (Å²) in [6.07, 6.45) is 0. The van der Waals surface area contributed by atoms with Crippen LogP contribution in [0.15, 0.2) is 90.4 Å². The first-order valence-corrected chi connectivity index (χ1v) is 9.41. The van der Waals surface area contributed by atoms with Gasteiger partial charge in [0.1, 0.15) is 17.4 Å². The van der Waals surface area contributed by atoms with Gasteiger partial charge in [-0.3, -0.25) is 4.79 Å². The molecule has 0 aromatic heterocycles. The van der Waals surface area contributed by atoms with Crippen LogP contribution in [0.5, 0.6) is 11.5 Å². The maximum absolute atomic E-state index is 12.1. The Labute approximate surface area is 171 Å². The van der Waals surface area contributed by atoms with E-state index in [9.17, 15) is 9.90 Å². The molecule has 0 fully saturated rings. The average Bonchev–Trinajstić information content (AvgIpc) is 2.71. The SMILES string of the molecule is CC(=C(Oc1ccc(C)cc1)Oc1ccc(C)cc1)C(C(=O)O)c1ccccc1. The zero-order valence-electron chi connectivity index (χ0n) is 16.8. The van der Waals surface area contributed by atoms with Crippen LogP contribution in [0.1, 0.15) is 29.5 Å². The summed E-state index contributed by atoms with van der Waals surface area (Å²) in [5.41, 5.74) is 3.35. The van der Waals surface area contributed by atoms with Gasteiger partial charge in [-0.2, -0.15) is 0 Å². The summed E-state index contributed by atoms with van der Waals surface area (Å²) in [5, 5.41) is 9.91. The molecule has 4 nitrogen and oxygen atoms in total. The van der Waals surface area contributed by atoms with Crippen LogP contribution in [0.3, 0.4) is 0 Å². The van der Waals surface area contributed by atoms with Gasteiger partial charge >= 0.3 is 5.97 Å². The van der Waals surface area contributed by atoms with Crippen molar-refractivity contribution in [2.24, 2.45) is 0 Å². The van der Waals surface area contributed by atoms with Crippen molar-refractivity contribution in [3.05, 3.63) is 107 Å². The van der Waals surface area contributed by atoms with Crippen molar-refractivity contribution in [1.82, 2.24) is 0 Å². The minimum Gasteiger partial charge on any atom is -0.481 e. The molecule has 3 aromatic rings. The van der Waals surface area contributed by atoms with E-state index in [0.29, 0.717) is 22.6 Å². The minimum atomic E-state index is -0.966. The Morgan fingerprint density at radius 2 is 1.21 bits per heavy atom. The highest BCUT2D eigenvalue weighted by Crippen LogP contribution is 2.30. The number of carboxylic acids is 1. The van der Waals surface area contributed by atoms with E-state index in [2.05, 4.69) is 0 Å². The van der Waals surface area contributed by atoms with Gasteiger partial charge in [0.2, 0.25) is 0 Å². The standard InChI is InChI=1S/C25H24O4/c1-17-9-13-21(14-10-17)28-25(29-22-15-11-18(2)12-16-22)19(3)23(24(26)27)20-7-5-4-6-8-20/h4-16,23H,1-3H3,(H,26,27). The van der Waals surface area contributed by atoms with Gasteiger partial charge in [0, 0.05) is 5.57 Å². The predicted octanol–water partition coefficient (Wildman–Crippen LogP) is 5.86. The van der Waals surface area contributed by atoms with Crippen molar-refractivity contribution < 1.29 is 19.4 Å². The number of aliphatic carboxylic acids is 1. The van der Waals surface area contributed by atoms with Crippen molar-refractivity contribution in [3.8, 4) is 11.5 Å². The Hall–Kier alpha value is -3.53. The molecule has 29 heavy (non-hydrogen) atoms. The van der Waals surface area contributed by atoms with E-state index in [-0.39, 0.29) is 5.95 Å². The normalized spacial score (nSPS) is 11.4. The van der Waals surface area contributed by atoms with Crippen LogP contribution in [0.25, 0.3) is 0 Å². The first-order chi connectivity index (χ1) is 13.9. The highest BCUT2D eigenvalue weighted by Gasteiger charge is 2.27. The molecule has 0 saturated heterocycles. The number of hydrogen-bond donors (Lipinski definition) is 1. The topological polar surface area (TPSA) is 55.8 Å². The largest absolute Gasteiger partial charge is 0.481 e. The number of rotatable bonds is 7. The Morgan fingerprint density at radius 3 is 1.62 bits per heavy atom. The molecule has 0 amide bonds. The van der Waals surface area contributed by atoms with E-state index in [1.165, 1.54) is 0 Å². The van der Waals surface area contributed by atoms with Crippen LogP contribution in [0, 0.1) is 13.8 Å². The highest BCUT2D eigenvalue weighted by atomic mass is 16.7. The molecule has 4 heteroatoms. The lowest BCUT2D eigenvalue weighted by Crippen LogP contribution is -2.18. The van der Waals surface area contributed by atoms with E-state index in [0.717, 1.165) is 11.1 Å². The van der Waals surface area contributed by atoms with Gasteiger partial charge in [-0.15, -0.1) is 0 Å². The molecular formula is C25H24O4. The van der Waals surface area contributed by atoms with E-state index in [4.69, 9.17) is 9.47 Å². The molecule has 1 unspecified atom stereocenters. The fourth-order valence-corrected chi connectivity index (χ4v) is 2.95. The molecule has 0 spiro atoms. The van der Waals surface area contributed by atoms with Crippen LogP contribution in [-0.4, -0.2) is 11.1 Å². The number of benzene rings is 3. The maximum atomic E-state index is 12.1. The Morgan fingerprint density at radius 1 is 0.759 bits per heavy atom. The fraction of sp³-hybridized carbons (Fsp3) is 0.160. The third kappa shape index (κ3) is 5.26. The van der Waals surface area contributed by atoms with Gasteiger partial charge < -0.3 is 14.6 Å². The van der Waals surface area contributed by atoms with Crippen molar-refractivity contribution >= 4 is 5.97 Å². The second-order valence-corrected chi connectivity index (χ2v) is 6.98. The number of carbonyl (C=O) groups is 1. The van der Waals surface area contributed by atoms with Crippen LogP contribution in [0.4, 0.5) is 0 Å². The summed E-state index contributed by atoms with van der Waals surface area (Å²) < 4.78 is 12.0. The lowest BCUT2D eigenvalue weighted by molar-refractivity contribution is -0.137. The molecule has 3 rings (SSSR count). The lowest BCUT2D eigenvalue weighted by atomic mass is 9.92. The van der Waals surface area contributed by atoms with Crippen LogP contribution in [0.2, 0.25) is 0 Å². The molecule has 0 aliphatic rings.